The smallest absolute Gasteiger partial charge is 0.417 e. The average molecular weight is 393 g/mol. The molecule has 1 aromatic carbocycles. The highest BCUT2D eigenvalue weighted by molar-refractivity contribution is 5.94. The maximum atomic E-state index is 12.5. The molecule has 1 amide bonds. The third kappa shape index (κ3) is 5.69. The number of piperidine rings is 1. The fourth-order valence-electron chi connectivity index (χ4n) is 3.07. The lowest BCUT2D eigenvalue weighted by Crippen LogP contribution is -2.33. The van der Waals surface area contributed by atoms with Crippen LogP contribution in [0.1, 0.15) is 35.2 Å². The number of aromatic nitrogens is 1. The van der Waals surface area contributed by atoms with Crippen LogP contribution in [0, 0.1) is 5.92 Å². The summed E-state index contributed by atoms with van der Waals surface area (Å²) >= 11 is 0. The SMILES string of the molecule is O=C(NCCC1CCCNC1)c1ccc(Oc2ccc(C(F)(F)F)cn2)cc1. The van der Waals surface area contributed by atoms with Gasteiger partial charge in [-0.1, -0.05) is 0 Å². The number of nitrogens with one attached hydrogen (secondary N) is 2. The number of pyridine rings is 1. The molecule has 2 heterocycles. The monoisotopic (exact) mass is 393 g/mol. The van der Waals surface area contributed by atoms with Gasteiger partial charge in [-0.05, 0) is 68.6 Å². The fraction of sp³-hybridized carbons (Fsp3) is 0.400. The van der Waals surface area contributed by atoms with Gasteiger partial charge in [0.1, 0.15) is 5.75 Å². The first-order valence-corrected chi connectivity index (χ1v) is 9.22. The van der Waals surface area contributed by atoms with Gasteiger partial charge in [0.25, 0.3) is 5.91 Å². The largest absolute Gasteiger partial charge is 0.439 e. The summed E-state index contributed by atoms with van der Waals surface area (Å²) in [6, 6.07) is 8.45. The van der Waals surface area contributed by atoms with Gasteiger partial charge in [-0.25, -0.2) is 4.98 Å². The van der Waals surface area contributed by atoms with Crippen molar-refractivity contribution < 1.29 is 22.7 Å². The highest BCUT2D eigenvalue weighted by atomic mass is 19.4. The van der Waals surface area contributed by atoms with Crippen LogP contribution >= 0.6 is 0 Å². The van der Waals surface area contributed by atoms with E-state index in [9.17, 15) is 18.0 Å². The second-order valence-electron chi connectivity index (χ2n) is 6.77. The molecule has 0 radical (unpaired) electrons. The normalized spacial score (nSPS) is 17.2. The van der Waals surface area contributed by atoms with Crippen LogP contribution in [0.5, 0.6) is 11.6 Å². The van der Waals surface area contributed by atoms with E-state index in [1.165, 1.54) is 12.8 Å². The summed E-state index contributed by atoms with van der Waals surface area (Å²) in [4.78, 5) is 15.9. The van der Waals surface area contributed by atoms with E-state index in [1.54, 1.807) is 24.3 Å². The number of benzene rings is 1. The van der Waals surface area contributed by atoms with Crippen LogP contribution < -0.4 is 15.4 Å². The Morgan fingerprint density at radius 1 is 1.21 bits per heavy atom. The molecule has 1 saturated heterocycles. The lowest BCUT2D eigenvalue weighted by molar-refractivity contribution is -0.137. The molecule has 1 atom stereocenters. The summed E-state index contributed by atoms with van der Waals surface area (Å²) in [5.74, 6) is 0.868. The van der Waals surface area contributed by atoms with E-state index >= 15 is 0 Å². The van der Waals surface area contributed by atoms with Gasteiger partial charge >= 0.3 is 6.18 Å². The molecule has 1 aliphatic rings. The minimum Gasteiger partial charge on any atom is -0.439 e. The third-order valence-corrected chi connectivity index (χ3v) is 4.64. The van der Waals surface area contributed by atoms with Crippen LogP contribution in [0.2, 0.25) is 0 Å². The van der Waals surface area contributed by atoms with Crippen molar-refractivity contribution in [3.8, 4) is 11.6 Å². The Balaban J connectivity index is 1.49. The van der Waals surface area contributed by atoms with Crippen LogP contribution in [0.15, 0.2) is 42.6 Å². The first-order valence-electron chi connectivity index (χ1n) is 9.22. The molecule has 0 bridgehead atoms. The zero-order valence-electron chi connectivity index (χ0n) is 15.3. The van der Waals surface area contributed by atoms with E-state index in [4.69, 9.17) is 4.74 Å². The van der Waals surface area contributed by atoms with E-state index in [-0.39, 0.29) is 11.8 Å². The number of hydrogen-bond acceptors (Lipinski definition) is 4. The molecule has 28 heavy (non-hydrogen) atoms. The summed E-state index contributed by atoms with van der Waals surface area (Å²) in [6.07, 6.45) is -0.409. The Hall–Kier alpha value is -2.61. The van der Waals surface area contributed by atoms with Gasteiger partial charge in [0.15, 0.2) is 0 Å². The van der Waals surface area contributed by atoms with Crippen molar-refractivity contribution in [2.45, 2.75) is 25.4 Å². The van der Waals surface area contributed by atoms with Crippen LogP contribution in [-0.2, 0) is 6.18 Å². The molecule has 0 saturated carbocycles. The van der Waals surface area contributed by atoms with E-state index in [1.807, 2.05) is 0 Å². The molecule has 1 aliphatic heterocycles. The van der Waals surface area contributed by atoms with Crippen LogP contribution in [0.25, 0.3) is 0 Å². The maximum Gasteiger partial charge on any atom is 0.417 e. The maximum absolute atomic E-state index is 12.5. The van der Waals surface area contributed by atoms with Crippen LogP contribution in [0.4, 0.5) is 13.2 Å². The zero-order chi connectivity index (χ0) is 20.0. The van der Waals surface area contributed by atoms with Crippen molar-refractivity contribution in [1.29, 1.82) is 0 Å². The zero-order valence-corrected chi connectivity index (χ0v) is 15.3. The lowest BCUT2D eigenvalue weighted by Gasteiger charge is -2.22. The molecule has 1 aromatic heterocycles. The number of amides is 1. The third-order valence-electron chi connectivity index (χ3n) is 4.64. The Bertz CT molecular complexity index is 771. The Morgan fingerprint density at radius 2 is 2.00 bits per heavy atom. The number of rotatable bonds is 6. The van der Waals surface area contributed by atoms with E-state index in [0.29, 0.717) is 23.8 Å². The highest BCUT2D eigenvalue weighted by Gasteiger charge is 2.30. The summed E-state index contributed by atoms with van der Waals surface area (Å²) < 4.78 is 43.0. The molecule has 0 aliphatic carbocycles. The van der Waals surface area contributed by atoms with Gasteiger partial charge in [0, 0.05) is 24.4 Å². The molecular formula is C20H22F3N3O2. The Labute approximate surface area is 161 Å². The molecule has 2 aromatic rings. The van der Waals surface area contributed by atoms with E-state index < -0.39 is 11.7 Å². The Morgan fingerprint density at radius 3 is 2.61 bits per heavy atom. The number of ether oxygens (including phenoxy) is 1. The van der Waals surface area contributed by atoms with E-state index in [0.717, 1.165) is 37.8 Å². The molecular weight excluding hydrogens is 371 g/mol. The van der Waals surface area contributed by atoms with Crippen molar-refractivity contribution in [3.63, 3.8) is 0 Å². The van der Waals surface area contributed by atoms with Crippen molar-refractivity contribution in [3.05, 3.63) is 53.7 Å². The minimum absolute atomic E-state index is 0.0475. The van der Waals surface area contributed by atoms with Gasteiger partial charge in [-0.15, -0.1) is 0 Å². The molecule has 1 unspecified atom stereocenters. The van der Waals surface area contributed by atoms with E-state index in [2.05, 4.69) is 15.6 Å². The van der Waals surface area contributed by atoms with Gasteiger partial charge in [0.2, 0.25) is 5.88 Å². The Kier molecular flexibility index (Phi) is 6.51. The number of carbonyl (C=O) groups excluding carboxylic acids is 1. The van der Waals surface area contributed by atoms with Crippen molar-refractivity contribution >= 4 is 5.91 Å². The lowest BCUT2D eigenvalue weighted by atomic mass is 9.96. The topological polar surface area (TPSA) is 63.2 Å². The molecule has 8 heteroatoms. The average Bonchev–Trinajstić information content (AvgIpc) is 2.69. The predicted octanol–water partition coefficient (Wildman–Crippen LogP) is 4.01. The number of hydrogen-bond donors (Lipinski definition) is 2. The van der Waals surface area contributed by atoms with Crippen molar-refractivity contribution in [2.75, 3.05) is 19.6 Å². The first kappa shape index (κ1) is 20.1. The molecule has 1 fully saturated rings. The second kappa shape index (κ2) is 9.05. The summed E-state index contributed by atoms with van der Waals surface area (Å²) in [7, 11) is 0. The van der Waals surface area contributed by atoms with Crippen molar-refractivity contribution in [1.82, 2.24) is 15.6 Å². The van der Waals surface area contributed by atoms with Crippen molar-refractivity contribution in [2.24, 2.45) is 5.92 Å². The van der Waals surface area contributed by atoms with Gasteiger partial charge < -0.3 is 15.4 Å². The summed E-state index contributed by atoms with van der Waals surface area (Å²) in [6.45, 7) is 2.69. The fourth-order valence-corrected chi connectivity index (χ4v) is 3.07. The minimum atomic E-state index is -4.44. The second-order valence-corrected chi connectivity index (χ2v) is 6.77. The standard InChI is InChI=1S/C20H22F3N3O2/c21-20(22,23)16-5-8-18(26-13-16)28-17-6-3-15(4-7-17)19(27)25-11-9-14-2-1-10-24-12-14/h3-8,13-14,24H,1-2,9-12H2,(H,25,27). The predicted molar refractivity (Wildman–Crippen MR) is 98.3 cm³/mol. The van der Waals surface area contributed by atoms with Crippen LogP contribution in [0.3, 0.4) is 0 Å². The molecule has 5 nitrogen and oxygen atoms in total. The van der Waals surface area contributed by atoms with Gasteiger partial charge in [-0.2, -0.15) is 13.2 Å². The quantitative estimate of drug-likeness (QED) is 0.778. The number of nitrogens with zero attached hydrogens (tertiary/aromatic N) is 1. The number of alkyl halides is 3. The molecule has 0 spiro atoms. The summed E-state index contributed by atoms with van der Waals surface area (Å²) in [5.41, 5.74) is -0.342. The number of carbonyl (C=O) groups is 1. The highest BCUT2D eigenvalue weighted by Crippen LogP contribution is 2.30. The van der Waals surface area contributed by atoms with Gasteiger partial charge in [-0.3, -0.25) is 4.79 Å². The summed E-state index contributed by atoms with van der Waals surface area (Å²) in [5, 5.41) is 6.26. The molecule has 2 N–H and O–H groups in total. The van der Waals surface area contributed by atoms with Crippen LogP contribution in [-0.4, -0.2) is 30.5 Å². The molecule has 150 valence electrons. The first-order chi connectivity index (χ1) is 13.4. The molecule has 3 rings (SSSR count). The number of halogens is 3. The van der Waals surface area contributed by atoms with Gasteiger partial charge in [0.05, 0.1) is 5.56 Å².